The fourth-order valence-electron chi connectivity index (χ4n) is 2.79. The highest BCUT2D eigenvalue weighted by Gasteiger charge is 2.32. The summed E-state index contributed by atoms with van der Waals surface area (Å²) >= 11 is 2.40. The molecular formula is C19H23N3O5S3. The average molecular weight is 470 g/mol. The zero-order valence-electron chi connectivity index (χ0n) is 16.9. The van der Waals surface area contributed by atoms with Crippen LogP contribution in [0.5, 0.6) is 5.75 Å². The zero-order chi connectivity index (χ0) is 21.9. The molecule has 0 radical (unpaired) electrons. The molecule has 0 bridgehead atoms. The lowest BCUT2D eigenvalue weighted by Crippen LogP contribution is -2.42. The number of thiophene rings is 1. The fourth-order valence-corrected chi connectivity index (χ4v) is 6.73. The van der Waals surface area contributed by atoms with Crippen molar-refractivity contribution >= 4 is 50.6 Å². The number of carbonyl (C=O) groups excluding carboxylic acids is 2. The number of sulfonamides is 1. The number of rotatable bonds is 8. The van der Waals surface area contributed by atoms with E-state index < -0.39 is 10.0 Å². The quantitative estimate of drug-likeness (QED) is 0.637. The van der Waals surface area contributed by atoms with E-state index >= 15 is 0 Å². The molecular weight excluding hydrogens is 446 g/mol. The van der Waals surface area contributed by atoms with Crippen molar-refractivity contribution in [2.45, 2.75) is 21.9 Å². The van der Waals surface area contributed by atoms with Gasteiger partial charge in [-0.05, 0) is 19.1 Å². The lowest BCUT2D eigenvalue weighted by molar-refractivity contribution is -0.123. The first-order valence-electron chi connectivity index (χ1n) is 9.21. The summed E-state index contributed by atoms with van der Waals surface area (Å²) in [5, 5.41) is 2.81. The van der Waals surface area contributed by atoms with Gasteiger partial charge >= 0.3 is 0 Å². The third-order valence-corrected chi connectivity index (χ3v) is 9.01. The van der Waals surface area contributed by atoms with Gasteiger partial charge in [0.2, 0.25) is 11.8 Å². The molecule has 0 aliphatic carbocycles. The Labute approximate surface area is 184 Å². The molecule has 1 aromatic carbocycles. The van der Waals surface area contributed by atoms with Gasteiger partial charge in [-0.2, -0.15) is 0 Å². The number of ether oxygens (including phenoxy) is 1. The van der Waals surface area contributed by atoms with Crippen LogP contribution in [-0.4, -0.2) is 57.5 Å². The Morgan fingerprint density at radius 1 is 1.30 bits per heavy atom. The molecule has 162 valence electrons. The van der Waals surface area contributed by atoms with E-state index in [-0.39, 0.29) is 34.9 Å². The van der Waals surface area contributed by atoms with Crippen LogP contribution in [0, 0.1) is 0 Å². The average Bonchev–Trinajstić information content (AvgIpc) is 3.15. The molecule has 3 rings (SSSR count). The molecule has 11 heteroatoms. The van der Waals surface area contributed by atoms with Gasteiger partial charge in [0.25, 0.3) is 10.0 Å². The SMILES string of the molecule is CCOc1ccccc1CNC(=O)CN1C(=O)CSc2sc(S(=O)(=O)N(C)C)cc21. The highest BCUT2D eigenvalue weighted by Crippen LogP contribution is 2.43. The van der Waals surface area contributed by atoms with E-state index in [1.165, 1.54) is 36.8 Å². The van der Waals surface area contributed by atoms with Crippen molar-refractivity contribution in [2.75, 3.05) is 37.9 Å². The molecule has 0 spiro atoms. The number of fused-ring (bicyclic) bond motifs is 1. The van der Waals surface area contributed by atoms with Gasteiger partial charge in [-0.25, -0.2) is 12.7 Å². The number of nitrogens with zero attached hydrogens (tertiary/aromatic N) is 2. The van der Waals surface area contributed by atoms with E-state index in [9.17, 15) is 18.0 Å². The van der Waals surface area contributed by atoms with Crippen LogP contribution in [0.15, 0.2) is 38.8 Å². The largest absolute Gasteiger partial charge is 0.494 e. The number of hydrogen-bond donors (Lipinski definition) is 1. The molecule has 0 saturated carbocycles. The first kappa shape index (κ1) is 22.6. The maximum atomic E-state index is 12.5. The number of thioether (sulfide) groups is 1. The molecule has 1 N–H and O–H groups in total. The maximum absolute atomic E-state index is 12.5. The smallest absolute Gasteiger partial charge is 0.252 e. The molecule has 2 aromatic rings. The summed E-state index contributed by atoms with van der Waals surface area (Å²) in [6.45, 7) is 2.49. The minimum Gasteiger partial charge on any atom is -0.494 e. The Kier molecular flexibility index (Phi) is 7.06. The zero-order valence-corrected chi connectivity index (χ0v) is 19.3. The molecule has 30 heavy (non-hydrogen) atoms. The monoisotopic (exact) mass is 469 g/mol. The first-order chi connectivity index (χ1) is 14.2. The second kappa shape index (κ2) is 9.38. The lowest BCUT2D eigenvalue weighted by atomic mass is 10.2. The molecule has 2 amide bonds. The Hall–Kier alpha value is -2.08. The molecule has 0 saturated heterocycles. The van der Waals surface area contributed by atoms with Gasteiger partial charge < -0.3 is 15.0 Å². The van der Waals surface area contributed by atoms with Crippen LogP contribution in [0.1, 0.15) is 12.5 Å². The Morgan fingerprint density at radius 2 is 2.03 bits per heavy atom. The summed E-state index contributed by atoms with van der Waals surface area (Å²) in [5.41, 5.74) is 1.30. The lowest BCUT2D eigenvalue weighted by Gasteiger charge is -2.25. The minimum atomic E-state index is -3.61. The van der Waals surface area contributed by atoms with Crippen molar-refractivity contribution in [3.63, 3.8) is 0 Å². The van der Waals surface area contributed by atoms with Crippen LogP contribution in [0.4, 0.5) is 5.69 Å². The molecule has 1 aliphatic rings. The van der Waals surface area contributed by atoms with E-state index in [0.29, 0.717) is 22.3 Å². The topological polar surface area (TPSA) is 96.0 Å². The van der Waals surface area contributed by atoms with Crippen LogP contribution in [0.2, 0.25) is 0 Å². The number of carbonyl (C=O) groups is 2. The summed E-state index contributed by atoms with van der Waals surface area (Å²) in [6, 6.07) is 8.89. The number of amides is 2. The number of hydrogen-bond acceptors (Lipinski definition) is 7. The van der Waals surface area contributed by atoms with Gasteiger partial charge in [0.15, 0.2) is 0 Å². The molecule has 0 atom stereocenters. The number of benzene rings is 1. The molecule has 8 nitrogen and oxygen atoms in total. The number of anilines is 1. The second-order valence-corrected chi connectivity index (χ2v) is 11.3. The predicted molar refractivity (Wildman–Crippen MR) is 118 cm³/mol. The van der Waals surface area contributed by atoms with Crippen LogP contribution in [0.3, 0.4) is 0 Å². The predicted octanol–water partition coefficient (Wildman–Crippen LogP) is 2.15. The van der Waals surface area contributed by atoms with Crippen molar-refractivity contribution < 1.29 is 22.7 Å². The minimum absolute atomic E-state index is 0.149. The van der Waals surface area contributed by atoms with Crippen molar-refractivity contribution in [3.8, 4) is 5.75 Å². The fraction of sp³-hybridized carbons (Fsp3) is 0.368. The summed E-state index contributed by atoms with van der Waals surface area (Å²) in [4.78, 5) is 26.3. The van der Waals surface area contributed by atoms with Crippen molar-refractivity contribution in [3.05, 3.63) is 35.9 Å². The Bertz CT molecular complexity index is 1050. The third kappa shape index (κ3) is 4.80. The Balaban J connectivity index is 1.74. The summed E-state index contributed by atoms with van der Waals surface area (Å²) < 4.78 is 32.4. The highest BCUT2D eigenvalue weighted by molar-refractivity contribution is 8.02. The van der Waals surface area contributed by atoms with E-state index in [0.717, 1.165) is 21.2 Å². The van der Waals surface area contributed by atoms with Gasteiger partial charge in [0.05, 0.1) is 22.3 Å². The van der Waals surface area contributed by atoms with Gasteiger partial charge in [-0.15, -0.1) is 23.1 Å². The summed E-state index contributed by atoms with van der Waals surface area (Å²) in [5.74, 6) is 0.291. The molecule has 1 aromatic heterocycles. The second-order valence-electron chi connectivity index (χ2n) is 6.61. The number of nitrogens with one attached hydrogen (secondary N) is 1. The maximum Gasteiger partial charge on any atom is 0.252 e. The molecule has 1 aliphatic heterocycles. The van der Waals surface area contributed by atoms with E-state index in [1.54, 1.807) is 0 Å². The van der Waals surface area contributed by atoms with Crippen LogP contribution < -0.4 is 15.0 Å². The van der Waals surface area contributed by atoms with Crippen LogP contribution in [0.25, 0.3) is 0 Å². The first-order valence-corrected chi connectivity index (χ1v) is 12.4. The molecule has 2 heterocycles. The van der Waals surface area contributed by atoms with Gasteiger partial charge in [0, 0.05) is 26.2 Å². The van der Waals surface area contributed by atoms with Gasteiger partial charge in [-0.1, -0.05) is 18.2 Å². The van der Waals surface area contributed by atoms with E-state index in [4.69, 9.17) is 4.74 Å². The van der Waals surface area contributed by atoms with Crippen LogP contribution in [-0.2, 0) is 26.2 Å². The molecule has 0 fully saturated rings. The Morgan fingerprint density at radius 3 is 2.73 bits per heavy atom. The van der Waals surface area contributed by atoms with E-state index in [1.807, 2.05) is 31.2 Å². The van der Waals surface area contributed by atoms with Crippen LogP contribution >= 0.6 is 23.1 Å². The standard InChI is InChI=1S/C19H23N3O5S3/c1-4-27-15-8-6-5-7-13(15)10-20-16(23)11-22-14-9-18(30(25,26)21(2)3)29-19(14)28-12-17(22)24/h5-9H,4,10-12H2,1-3H3,(H,20,23). The molecule has 0 unspecified atom stereocenters. The summed E-state index contributed by atoms with van der Waals surface area (Å²) in [6.07, 6.45) is 0. The van der Waals surface area contributed by atoms with Gasteiger partial charge in [-0.3, -0.25) is 9.59 Å². The van der Waals surface area contributed by atoms with Gasteiger partial charge in [0.1, 0.15) is 16.5 Å². The third-order valence-electron chi connectivity index (χ3n) is 4.36. The van der Waals surface area contributed by atoms with Crippen molar-refractivity contribution in [1.82, 2.24) is 9.62 Å². The van der Waals surface area contributed by atoms with Crippen molar-refractivity contribution in [2.24, 2.45) is 0 Å². The normalized spacial score (nSPS) is 14.0. The highest BCUT2D eigenvalue weighted by atomic mass is 32.3. The summed E-state index contributed by atoms with van der Waals surface area (Å²) in [7, 11) is -0.699. The number of para-hydroxylation sites is 1. The van der Waals surface area contributed by atoms with E-state index in [2.05, 4.69) is 5.32 Å². The van der Waals surface area contributed by atoms with Crippen molar-refractivity contribution in [1.29, 1.82) is 0 Å².